The first-order chi connectivity index (χ1) is 13.0. The molecule has 27 heavy (non-hydrogen) atoms. The van der Waals surface area contributed by atoms with Crippen LogP contribution in [0.3, 0.4) is 0 Å². The Bertz CT molecular complexity index is 934. The topological polar surface area (TPSA) is 33.0 Å². The number of nitrogens with one attached hydrogen (secondary N) is 1. The Kier molecular flexibility index (Phi) is 5.82. The fourth-order valence-electron chi connectivity index (χ4n) is 3.16. The lowest BCUT2D eigenvalue weighted by molar-refractivity contribution is -0.684. The van der Waals surface area contributed by atoms with Gasteiger partial charge in [-0.1, -0.05) is 60.2 Å². The van der Waals surface area contributed by atoms with Crippen LogP contribution in [-0.2, 0) is 11.3 Å². The lowest BCUT2D eigenvalue weighted by Gasteiger charge is -2.11. The van der Waals surface area contributed by atoms with E-state index in [1.807, 2.05) is 61.1 Å². The Balaban J connectivity index is 1.63. The molecule has 0 spiro atoms. The molecular weight excluding hydrogens is 332 g/mol. The number of benzene rings is 2. The molecule has 1 amide bonds. The van der Waals surface area contributed by atoms with Crippen molar-refractivity contribution in [2.75, 3.05) is 5.32 Å². The van der Waals surface area contributed by atoms with Gasteiger partial charge < -0.3 is 5.32 Å². The Labute approximate surface area is 161 Å². The van der Waals surface area contributed by atoms with E-state index in [0.717, 1.165) is 27.9 Å². The highest BCUT2D eigenvalue weighted by Crippen LogP contribution is 2.21. The monoisotopic (exact) mass is 357 g/mol. The minimum Gasteiger partial charge on any atom is -0.320 e. The number of hydrogen-bond donors (Lipinski definition) is 1. The quantitative estimate of drug-likeness (QED) is 0.659. The molecule has 136 valence electrons. The summed E-state index contributed by atoms with van der Waals surface area (Å²) in [6.45, 7) is 6.40. The van der Waals surface area contributed by atoms with Crippen molar-refractivity contribution >= 4 is 23.7 Å². The number of aromatic nitrogens is 1. The third-order valence-corrected chi connectivity index (χ3v) is 4.45. The van der Waals surface area contributed by atoms with E-state index in [2.05, 4.69) is 48.7 Å². The minimum atomic E-state index is -0.0253. The molecule has 3 heteroatoms. The number of amides is 1. The van der Waals surface area contributed by atoms with Gasteiger partial charge in [-0.25, -0.2) is 0 Å². The van der Waals surface area contributed by atoms with Gasteiger partial charge in [0.25, 0.3) is 5.91 Å². The van der Waals surface area contributed by atoms with E-state index in [0.29, 0.717) is 0 Å². The summed E-state index contributed by atoms with van der Waals surface area (Å²) in [6, 6.07) is 18.4. The molecule has 3 nitrogen and oxygen atoms in total. The molecule has 0 bridgehead atoms. The Morgan fingerprint density at radius 2 is 1.44 bits per heavy atom. The highest BCUT2D eigenvalue weighted by atomic mass is 16.1. The van der Waals surface area contributed by atoms with E-state index in [1.54, 1.807) is 0 Å². The van der Waals surface area contributed by atoms with E-state index in [9.17, 15) is 4.79 Å². The van der Waals surface area contributed by atoms with Crippen molar-refractivity contribution in [1.29, 1.82) is 0 Å². The molecule has 0 fully saturated rings. The molecule has 0 unspecified atom stereocenters. The third kappa shape index (κ3) is 5.14. The molecule has 0 aliphatic rings. The first-order valence-corrected chi connectivity index (χ1v) is 9.11. The number of pyridine rings is 1. The van der Waals surface area contributed by atoms with E-state index < -0.39 is 0 Å². The van der Waals surface area contributed by atoms with Crippen molar-refractivity contribution in [3.8, 4) is 0 Å². The van der Waals surface area contributed by atoms with E-state index in [-0.39, 0.29) is 12.5 Å². The number of anilines is 1. The standard InChI is InChI=1S/C24H24N2O/c1-18-15-19(2)24(20(3)16-18)25-23(27)17-26-13-11-22(12-14-26)10-9-21-7-5-4-6-8-21/h4-16H,17H2,1-3H3/p+1/b10-9+. The summed E-state index contributed by atoms with van der Waals surface area (Å²) >= 11 is 0. The van der Waals surface area contributed by atoms with Gasteiger partial charge in [-0.05, 0) is 43.0 Å². The molecule has 3 rings (SSSR count). The van der Waals surface area contributed by atoms with E-state index in [4.69, 9.17) is 0 Å². The maximum atomic E-state index is 12.4. The first-order valence-electron chi connectivity index (χ1n) is 9.11. The van der Waals surface area contributed by atoms with E-state index in [1.165, 1.54) is 5.56 Å². The predicted octanol–water partition coefficient (Wildman–Crippen LogP) is 4.71. The number of rotatable bonds is 5. The van der Waals surface area contributed by atoms with Crippen LogP contribution < -0.4 is 9.88 Å². The molecule has 1 aromatic heterocycles. The molecule has 0 atom stereocenters. The van der Waals surface area contributed by atoms with Crippen LogP contribution in [0.15, 0.2) is 67.0 Å². The van der Waals surface area contributed by atoms with Gasteiger partial charge in [0, 0.05) is 17.8 Å². The number of carbonyl (C=O) groups is 1. The second kappa shape index (κ2) is 8.45. The fraction of sp³-hybridized carbons (Fsp3) is 0.167. The number of aryl methyl sites for hydroxylation is 3. The lowest BCUT2D eigenvalue weighted by atomic mass is 10.1. The van der Waals surface area contributed by atoms with Gasteiger partial charge in [0.1, 0.15) is 0 Å². The maximum Gasteiger partial charge on any atom is 0.290 e. The van der Waals surface area contributed by atoms with Crippen molar-refractivity contribution in [2.45, 2.75) is 27.3 Å². The van der Waals surface area contributed by atoms with Gasteiger partial charge in [-0.2, -0.15) is 4.57 Å². The van der Waals surface area contributed by atoms with E-state index >= 15 is 0 Å². The smallest absolute Gasteiger partial charge is 0.290 e. The zero-order valence-electron chi connectivity index (χ0n) is 16.1. The highest BCUT2D eigenvalue weighted by molar-refractivity contribution is 5.91. The van der Waals surface area contributed by atoms with Crippen LogP contribution in [-0.4, -0.2) is 5.91 Å². The lowest BCUT2D eigenvalue weighted by Crippen LogP contribution is -2.39. The van der Waals surface area contributed by atoms with Gasteiger partial charge in [-0.3, -0.25) is 4.79 Å². The maximum absolute atomic E-state index is 12.4. The second-order valence-corrected chi connectivity index (χ2v) is 6.87. The molecule has 0 saturated heterocycles. The normalized spacial score (nSPS) is 10.9. The van der Waals surface area contributed by atoms with Crippen molar-refractivity contribution in [3.63, 3.8) is 0 Å². The molecule has 1 heterocycles. The molecule has 3 aromatic rings. The Hall–Kier alpha value is -3.20. The van der Waals surface area contributed by atoms with Crippen molar-refractivity contribution < 1.29 is 9.36 Å². The first kappa shape index (κ1) is 18.6. The number of nitrogens with zero attached hydrogens (tertiary/aromatic N) is 1. The summed E-state index contributed by atoms with van der Waals surface area (Å²) in [5.41, 5.74) is 6.56. The van der Waals surface area contributed by atoms with Gasteiger partial charge in [0.05, 0.1) is 0 Å². The average molecular weight is 357 g/mol. The molecule has 2 aromatic carbocycles. The molecule has 0 saturated carbocycles. The van der Waals surface area contributed by atoms with Crippen LogP contribution >= 0.6 is 0 Å². The zero-order valence-corrected chi connectivity index (χ0v) is 16.1. The Morgan fingerprint density at radius 3 is 2.04 bits per heavy atom. The SMILES string of the molecule is Cc1cc(C)c(NC(=O)C[n+]2ccc(/C=C/c3ccccc3)cc2)c(C)c1. The second-order valence-electron chi connectivity index (χ2n) is 6.87. The summed E-state index contributed by atoms with van der Waals surface area (Å²) in [5, 5.41) is 3.04. The fourth-order valence-corrected chi connectivity index (χ4v) is 3.16. The van der Waals surface area contributed by atoms with Gasteiger partial charge >= 0.3 is 0 Å². The van der Waals surface area contributed by atoms with Gasteiger partial charge in [-0.15, -0.1) is 0 Å². The van der Waals surface area contributed by atoms with Crippen LogP contribution in [0, 0.1) is 20.8 Å². The summed E-state index contributed by atoms with van der Waals surface area (Å²) in [6.07, 6.45) is 8.01. The van der Waals surface area contributed by atoms with Crippen LogP contribution in [0.25, 0.3) is 12.2 Å². The molecule has 1 N–H and O–H groups in total. The molecule has 0 aliphatic heterocycles. The largest absolute Gasteiger partial charge is 0.320 e. The van der Waals surface area contributed by atoms with Crippen molar-refractivity contribution in [2.24, 2.45) is 0 Å². The van der Waals surface area contributed by atoms with Crippen LogP contribution in [0.2, 0.25) is 0 Å². The average Bonchev–Trinajstić information content (AvgIpc) is 2.65. The Morgan fingerprint density at radius 1 is 0.889 bits per heavy atom. The molecule has 0 aliphatic carbocycles. The summed E-state index contributed by atoms with van der Waals surface area (Å²) in [5.74, 6) is -0.0253. The van der Waals surface area contributed by atoms with Gasteiger partial charge in [0.2, 0.25) is 6.54 Å². The summed E-state index contributed by atoms with van der Waals surface area (Å²) in [4.78, 5) is 12.4. The molecule has 0 radical (unpaired) electrons. The molecular formula is C24H25N2O+. The number of hydrogen-bond acceptors (Lipinski definition) is 1. The van der Waals surface area contributed by atoms with Crippen LogP contribution in [0.1, 0.15) is 27.8 Å². The predicted molar refractivity (Wildman–Crippen MR) is 111 cm³/mol. The third-order valence-electron chi connectivity index (χ3n) is 4.45. The van der Waals surface area contributed by atoms with Gasteiger partial charge in [0.15, 0.2) is 12.4 Å². The van der Waals surface area contributed by atoms with Crippen molar-refractivity contribution in [1.82, 2.24) is 0 Å². The highest BCUT2D eigenvalue weighted by Gasteiger charge is 2.12. The zero-order chi connectivity index (χ0) is 19.2. The summed E-state index contributed by atoms with van der Waals surface area (Å²) in [7, 11) is 0. The van der Waals surface area contributed by atoms with Crippen LogP contribution in [0.5, 0.6) is 0 Å². The minimum absolute atomic E-state index is 0.0253. The number of carbonyl (C=O) groups excluding carboxylic acids is 1. The van der Waals surface area contributed by atoms with Crippen LogP contribution in [0.4, 0.5) is 5.69 Å². The van der Waals surface area contributed by atoms with Crippen molar-refractivity contribution in [3.05, 3.63) is 94.8 Å². The summed E-state index contributed by atoms with van der Waals surface area (Å²) < 4.78 is 1.88.